The van der Waals surface area contributed by atoms with Crippen LogP contribution in [0.5, 0.6) is 0 Å². The molecule has 0 bridgehead atoms. The highest BCUT2D eigenvalue weighted by atomic mass is 32.2. The molecule has 0 N–H and O–H groups in total. The normalized spacial score (nSPS) is 22.7. The molecule has 4 rings (SSSR count). The van der Waals surface area contributed by atoms with Gasteiger partial charge in [-0.05, 0) is 29.7 Å². The van der Waals surface area contributed by atoms with Gasteiger partial charge in [-0.1, -0.05) is 30.3 Å². The Bertz CT molecular complexity index is 918. The topological polar surface area (TPSA) is 89.7 Å². The van der Waals surface area contributed by atoms with Crippen molar-refractivity contribution in [2.75, 3.05) is 0 Å². The lowest BCUT2D eigenvalue weighted by atomic mass is 10.0. The lowest BCUT2D eigenvalue weighted by Crippen LogP contribution is -2.55. The molecule has 2 heterocycles. The maximum Gasteiger partial charge on any atom is 0.330 e. The maximum absolute atomic E-state index is 12.8. The molecule has 2 aromatic rings. The summed E-state index contributed by atoms with van der Waals surface area (Å²) in [4.78, 5) is 36.8. The van der Waals surface area contributed by atoms with Gasteiger partial charge in [0.2, 0.25) is 5.91 Å². The molecule has 0 spiro atoms. The van der Waals surface area contributed by atoms with Gasteiger partial charge in [0, 0.05) is 35.6 Å². The SMILES string of the molecule is O=C(OCc1ccc([N+](=O)[O-])cc1)[C@H]1[C@@H](SCc2ccccc2)CC2CC(=O)N21. The first kappa shape index (κ1) is 19.4. The minimum Gasteiger partial charge on any atom is -0.459 e. The van der Waals surface area contributed by atoms with Crippen molar-refractivity contribution in [2.24, 2.45) is 0 Å². The van der Waals surface area contributed by atoms with Crippen LogP contribution >= 0.6 is 11.8 Å². The number of esters is 1. The van der Waals surface area contributed by atoms with Crippen LogP contribution in [0.4, 0.5) is 5.69 Å². The fourth-order valence-electron chi connectivity index (χ4n) is 3.81. The highest BCUT2D eigenvalue weighted by Crippen LogP contribution is 2.42. The summed E-state index contributed by atoms with van der Waals surface area (Å²) in [5.41, 5.74) is 1.83. The fourth-order valence-corrected chi connectivity index (χ4v) is 5.19. The number of ether oxygens (including phenoxy) is 1. The Morgan fingerprint density at radius 2 is 1.86 bits per heavy atom. The number of non-ortho nitro benzene ring substituents is 1. The van der Waals surface area contributed by atoms with E-state index in [-0.39, 0.29) is 29.5 Å². The number of nitro groups is 1. The van der Waals surface area contributed by atoms with Gasteiger partial charge in [-0.2, -0.15) is 11.8 Å². The van der Waals surface area contributed by atoms with Gasteiger partial charge in [-0.15, -0.1) is 0 Å². The van der Waals surface area contributed by atoms with E-state index in [9.17, 15) is 19.7 Å². The number of nitrogens with zero attached hydrogens (tertiary/aromatic N) is 2. The second-order valence-corrected chi connectivity index (χ2v) is 8.43. The minimum absolute atomic E-state index is 0.00369. The first-order chi connectivity index (χ1) is 14.0. The zero-order valence-electron chi connectivity index (χ0n) is 15.6. The third-order valence-electron chi connectivity index (χ3n) is 5.32. The average molecular weight is 412 g/mol. The van der Waals surface area contributed by atoms with E-state index in [0.29, 0.717) is 12.0 Å². The molecule has 0 aliphatic carbocycles. The monoisotopic (exact) mass is 412 g/mol. The third kappa shape index (κ3) is 4.12. The third-order valence-corrected chi connectivity index (χ3v) is 6.70. The highest BCUT2D eigenvalue weighted by Gasteiger charge is 2.54. The Morgan fingerprint density at radius 1 is 1.14 bits per heavy atom. The number of benzene rings is 2. The van der Waals surface area contributed by atoms with Crippen molar-refractivity contribution in [3.63, 3.8) is 0 Å². The van der Waals surface area contributed by atoms with Gasteiger partial charge >= 0.3 is 5.97 Å². The van der Waals surface area contributed by atoms with Crippen molar-refractivity contribution in [2.45, 2.75) is 42.5 Å². The molecule has 7 nitrogen and oxygen atoms in total. The average Bonchev–Trinajstić information content (AvgIpc) is 3.03. The molecule has 2 fully saturated rings. The summed E-state index contributed by atoms with van der Waals surface area (Å²) in [6.07, 6.45) is 1.29. The Labute approximate surface area is 172 Å². The number of carbonyl (C=O) groups excluding carboxylic acids is 2. The Kier molecular flexibility index (Phi) is 5.53. The molecular weight excluding hydrogens is 392 g/mol. The molecule has 0 saturated carbocycles. The van der Waals surface area contributed by atoms with Crippen LogP contribution in [-0.2, 0) is 26.7 Å². The van der Waals surface area contributed by atoms with Crippen molar-refractivity contribution in [3.05, 3.63) is 75.8 Å². The summed E-state index contributed by atoms with van der Waals surface area (Å²) < 4.78 is 5.48. The number of hydrogen-bond donors (Lipinski definition) is 0. The van der Waals surface area contributed by atoms with Crippen LogP contribution in [0, 0.1) is 10.1 Å². The van der Waals surface area contributed by atoms with Gasteiger partial charge in [-0.3, -0.25) is 14.9 Å². The Balaban J connectivity index is 1.39. The van der Waals surface area contributed by atoms with Crippen LogP contribution in [0.2, 0.25) is 0 Å². The van der Waals surface area contributed by atoms with Crippen molar-refractivity contribution < 1.29 is 19.2 Å². The number of nitro benzene ring substituents is 1. The lowest BCUT2D eigenvalue weighted by molar-refractivity contribution is -0.384. The van der Waals surface area contributed by atoms with Gasteiger partial charge in [0.15, 0.2) is 0 Å². The number of carbonyl (C=O) groups is 2. The van der Waals surface area contributed by atoms with Crippen LogP contribution < -0.4 is 0 Å². The maximum atomic E-state index is 12.8. The largest absolute Gasteiger partial charge is 0.459 e. The van der Waals surface area contributed by atoms with Crippen LogP contribution in [0.15, 0.2) is 54.6 Å². The second kappa shape index (κ2) is 8.24. The molecule has 0 aromatic heterocycles. The van der Waals surface area contributed by atoms with E-state index < -0.39 is 16.9 Å². The van der Waals surface area contributed by atoms with E-state index in [1.807, 2.05) is 30.3 Å². The van der Waals surface area contributed by atoms with Gasteiger partial charge in [0.25, 0.3) is 5.69 Å². The Hall–Kier alpha value is -2.87. The quantitative estimate of drug-likeness (QED) is 0.300. The van der Waals surface area contributed by atoms with E-state index in [0.717, 1.165) is 12.2 Å². The number of rotatable bonds is 7. The molecule has 2 saturated heterocycles. The smallest absolute Gasteiger partial charge is 0.330 e. The van der Waals surface area contributed by atoms with Crippen molar-refractivity contribution in [3.8, 4) is 0 Å². The van der Waals surface area contributed by atoms with Crippen LogP contribution in [0.3, 0.4) is 0 Å². The summed E-state index contributed by atoms with van der Waals surface area (Å²) in [5.74, 6) is 0.353. The molecule has 0 radical (unpaired) electrons. The van der Waals surface area contributed by atoms with Crippen LogP contribution in [0.1, 0.15) is 24.0 Å². The van der Waals surface area contributed by atoms with E-state index in [4.69, 9.17) is 4.74 Å². The van der Waals surface area contributed by atoms with Crippen molar-refractivity contribution >= 4 is 29.3 Å². The van der Waals surface area contributed by atoms with Crippen LogP contribution in [-0.4, -0.2) is 39.0 Å². The zero-order valence-corrected chi connectivity index (χ0v) is 16.4. The first-order valence-corrected chi connectivity index (χ1v) is 10.4. The molecule has 8 heteroatoms. The molecule has 2 aliphatic rings. The summed E-state index contributed by atoms with van der Waals surface area (Å²) in [6, 6.07) is 15.5. The van der Waals surface area contributed by atoms with E-state index in [2.05, 4.69) is 0 Å². The highest BCUT2D eigenvalue weighted by molar-refractivity contribution is 7.99. The van der Waals surface area contributed by atoms with E-state index in [1.54, 1.807) is 28.8 Å². The van der Waals surface area contributed by atoms with Crippen LogP contribution in [0.25, 0.3) is 0 Å². The molecule has 1 amide bonds. The predicted octanol–water partition coefficient (Wildman–Crippen LogP) is 3.31. The summed E-state index contributed by atoms with van der Waals surface area (Å²) in [6.45, 7) is 0.0239. The van der Waals surface area contributed by atoms with E-state index in [1.165, 1.54) is 17.7 Å². The predicted molar refractivity (Wildman–Crippen MR) is 108 cm³/mol. The minimum atomic E-state index is -0.576. The molecule has 2 aliphatic heterocycles. The lowest BCUT2D eigenvalue weighted by Gasteiger charge is -2.37. The number of fused-ring (bicyclic) bond motifs is 1. The van der Waals surface area contributed by atoms with Gasteiger partial charge in [0.1, 0.15) is 12.6 Å². The van der Waals surface area contributed by atoms with Gasteiger partial charge < -0.3 is 9.64 Å². The van der Waals surface area contributed by atoms with Crippen molar-refractivity contribution in [1.82, 2.24) is 4.90 Å². The summed E-state index contributed by atoms with van der Waals surface area (Å²) >= 11 is 1.68. The van der Waals surface area contributed by atoms with Gasteiger partial charge in [0.05, 0.1) is 4.92 Å². The molecular formula is C21H20N2O5S. The zero-order chi connectivity index (χ0) is 20.4. The summed E-state index contributed by atoms with van der Waals surface area (Å²) in [5, 5.41) is 10.7. The molecule has 1 unspecified atom stereocenters. The number of hydrogen-bond acceptors (Lipinski definition) is 6. The summed E-state index contributed by atoms with van der Waals surface area (Å²) in [7, 11) is 0. The van der Waals surface area contributed by atoms with Crippen molar-refractivity contribution in [1.29, 1.82) is 0 Å². The van der Waals surface area contributed by atoms with E-state index >= 15 is 0 Å². The Morgan fingerprint density at radius 3 is 2.52 bits per heavy atom. The fraction of sp³-hybridized carbons (Fsp3) is 0.333. The molecule has 29 heavy (non-hydrogen) atoms. The molecule has 3 atom stereocenters. The standard InChI is InChI=1S/C21H20N2O5S/c24-19-11-17-10-18(29-13-15-4-2-1-3-5-15)20(22(17)19)21(25)28-12-14-6-8-16(9-7-14)23(26)27/h1-9,17-18,20H,10-13H2/t17?,18-,20+/m0/s1. The number of β-lactam (4-membered cyclic amide) rings is 1. The molecule has 2 aromatic carbocycles. The second-order valence-electron chi connectivity index (χ2n) is 7.21. The molecule has 150 valence electrons. The number of thioether (sulfide) groups is 1. The van der Waals surface area contributed by atoms with Gasteiger partial charge in [-0.25, -0.2) is 4.79 Å². The first-order valence-electron chi connectivity index (χ1n) is 9.39. The number of amides is 1.